The molecule has 3 aliphatic rings. The molecule has 42 heavy (non-hydrogen) atoms. The molecule has 244 valence electrons. The van der Waals surface area contributed by atoms with Crippen LogP contribution in [0.4, 0.5) is 0 Å². The molecule has 3 aliphatic heterocycles. The van der Waals surface area contributed by atoms with Gasteiger partial charge in [0.25, 0.3) is 0 Å². The van der Waals surface area contributed by atoms with Crippen LogP contribution in [0, 0.1) is 23.2 Å². The number of Topliss-reactive ketones (excluding diaryl/α,β-unsaturated/α-hetero) is 1. The Morgan fingerprint density at radius 2 is 1.76 bits per heavy atom. The molecule has 0 aliphatic carbocycles. The van der Waals surface area contributed by atoms with Gasteiger partial charge >= 0.3 is 5.97 Å². The van der Waals surface area contributed by atoms with Crippen LogP contribution in [0.5, 0.6) is 0 Å². The Balaban J connectivity index is 1.96. The molecular weight excluding hydrogens is 538 g/mol. The number of piperidine rings is 1. The minimum Gasteiger partial charge on any atom is -0.463 e. The van der Waals surface area contributed by atoms with Gasteiger partial charge in [0.05, 0.1) is 17.8 Å². The van der Waals surface area contributed by atoms with Gasteiger partial charge in [0.1, 0.15) is 18.1 Å². The number of ketones is 1. The average molecular weight is 598 g/mol. The zero-order valence-corrected chi connectivity index (χ0v) is 27.9. The first kappa shape index (κ1) is 35.3. The summed E-state index contributed by atoms with van der Waals surface area (Å²) in [6, 6.07) is -0.108. The lowest BCUT2D eigenvalue weighted by atomic mass is 9.74. The molecule has 0 amide bonds. The molecule has 0 spiro atoms. The maximum absolute atomic E-state index is 14.1. The van der Waals surface area contributed by atoms with Crippen LogP contribution in [0.15, 0.2) is 0 Å². The number of aliphatic hydroxyl groups is 1. The van der Waals surface area contributed by atoms with Crippen molar-refractivity contribution in [3.63, 3.8) is 0 Å². The maximum Gasteiger partial charge on any atom is 0.319 e. The highest BCUT2D eigenvalue weighted by Crippen LogP contribution is 2.38. The second-order valence-corrected chi connectivity index (χ2v) is 14.4. The Labute approximate surface area is 254 Å². The van der Waals surface area contributed by atoms with Gasteiger partial charge in [-0.05, 0) is 106 Å². The third-order valence-electron chi connectivity index (χ3n) is 10.1. The van der Waals surface area contributed by atoms with E-state index in [-0.39, 0.29) is 36.5 Å². The Bertz CT molecular complexity index is 895. The van der Waals surface area contributed by atoms with E-state index >= 15 is 0 Å². The second-order valence-electron chi connectivity index (χ2n) is 14.4. The van der Waals surface area contributed by atoms with Crippen molar-refractivity contribution in [1.82, 2.24) is 15.1 Å². The van der Waals surface area contributed by atoms with Crippen LogP contribution in [0.1, 0.15) is 73.6 Å². The van der Waals surface area contributed by atoms with E-state index in [1.165, 1.54) is 0 Å². The molecule has 10 nitrogen and oxygen atoms in total. The number of hydrogen-bond acceptors (Lipinski definition) is 10. The smallest absolute Gasteiger partial charge is 0.319 e. The number of nitrogens with one attached hydrogen (secondary N) is 1. The lowest BCUT2D eigenvalue weighted by Crippen LogP contribution is -2.59. The summed E-state index contributed by atoms with van der Waals surface area (Å²) in [5, 5.41) is 14.7. The van der Waals surface area contributed by atoms with E-state index < -0.39 is 41.4 Å². The number of carbonyl (C=O) groups excluding carboxylic acids is 2. The number of carbonyl (C=O) groups is 2. The van der Waals surface area contributed by atoms with Gasteiger partial charge in [-0.2, -0.15) is 0 Å². The molecule has 3 fully saturated rings. The molecule has 10 heteroatoms. The number of aliphatic hydroxyl groups excluding tert-OH is 1. The first-order chi connectivity index (χ1) is 19.6. The summed E-state index contributed by atoms with van der Waals surface area (Å²) in [6.07, 6.45) is 1.65. The number of ether oxygens (including phenoxy) is 4. The van der Waals surface area contributed by atoms with Gasteiger partial charge in [-0.3, -0.25) is 14.5 Å². The SMILES string of the molecule is CO[C@]1(C)C[C@@H](C)CN(C)[C@H](CC2CCNCC2)COC(=O)C(C)(C)C(=O)[C@H](C)[C@H]1O[C@@H]1O[C@H](C)C[C@H](N(C)C)[C@H]1O. The van der Waals surface area contributed by atoms with Crippen LogP contribution < -0.4 is 5.32 Å². The van der Waals surface area contributed by atoms with Gasteiger partial charge < -0.3 is 34.3 Å². The standard InChI is InChI=1S/C32H59N3O7/c1-20-17-32(6,39-10)28(42-29-26(36)25(34(7)8)15-21(2)41-29)22(3)27(37)31(4,5)30(38)40-19-24(35(9)18-20)16-23-11-13-33-14-12-23/h20-26,28-29,33,36H,11-19H2,1-10H3/t20-,21-,22+,24-,25+,26-,28-,29+,32-/m1/s1. The van der Waals surface area contributed by atoms with Crippen molar-refractivity contribution < 1.29 is 33.6 Å². The van der Waals surface area contributed by atoms with E-state index in [1.54, 1.807) is 27.9 Å². The topological polar surface area (TPSA) is 110 Å². The molecule has 3 saturated heterocycles. The van der Waals surface area contributed by atoms with Crippen LogP contribution in [0.25, 0.3) is 0 Å². The predicted octanol–water partition coefficient (Wildman–Crippen LogP) is 2.71. The van der Waals surface area contributed by atoms with E-state index in [1.807, 2.05) is 32.8 Å². The summed E-state index contributed by atoms with van der Waals surface area (Å²) in [5.74, 6) is -0.796. The van der Waals surface area contributed by atoms with E-state index in [9.17, 15) is 14.7 Å². The number of methoxy groups -OCH3 is 1. The number of cyclic esters (lactones) is 1. The molecule has 0 radical (unpaired) electrons. The van der Waals surface area contributed by atoms with Gasteiger partial charge in [-0.25, -0.2) is 0 Å². The Morgan fingerprint density at radius 1 is 1.12 bits per heavy atom. The van der Waals surface area contributed by atoms with E-state index in [0.29, 0.717) is 18.8 Å². The monoisotopic (exact) mass is 597 g/mol. The third kappa shape index (κ3) is 8.31. The molecule has 2 N–H and O–H groups in total. The summed E-state index contributed by atoms with van der Waals surface area (Å²) in [4.78, 5) is 31.9. The van der Waals surface area contributed by atoms with Crippen molar-refractivity contribution in [2.24, 2.45) is 23.2 Å². The van der Waals surface area contributed by atoms with Gasteiger partial charge in [-0.1, -0.05) is 13.8 Å². The van der Waals surface area contributed by atoms with Crippen LogP contribution in [0.2, 0.25) is 0 Å². The minimum atomic E-state index is -1.39. The molecule has 3 heterocycles. The zero-order valence-electron chi connectivity index (χ0n) is 27.9. The maximum atomic E-state index is 14.1. The molecule has 0 unspecified atom stereocenters. The molecule has 3 rings (SSSR count). The Morgan fingerprint density at radius 3 is 2.36 bits per heavy atom. The van der Waals surface area contributed by atoms with E-state index in [2.05, 4.69) is 24.2 Å². The number of hydrogen-bond donors (Lipinski definition) is 2. The normalized spacial score (nSPS) is 40.2. The number of nitrogens with zero attached hydrogens (tertiary/aromatic N) is 2. The summed E-state index contributed by atoms with van der Waals surface area (Å²) in [6.45, 7) is 14.2. The van der Waals surface area contributed by atoms with Gasteiger partial charge in [0.15, 0.2) is 12.1 Å². The quantitative estimate of drug-likeness (QED) is 0.350. The van der Waals surface area contributed by atoms with Gasteiger partial charge in [0.2, 0.25) is 0 Å². The zero-order chi connectivity index (χ0) is 31.4. The van der Waals surface area contributed by atoms with E-state index in [4.69, 9.17) is 18.9 Å². The first-order valence-electron chi connectivity index (χ1n) is 15.9. The predicted molar refractivity (Wildman–Crippen MR) is 162 cm³/mol. The highest BCUT2D eigenvalue weighted by atomic mass is 16.7. The van der Waals surface area contributed by atoms with Gasteiger partial charge in [-0.15, -0.1) is 0 Å². The Kier molecular flexibility index (Phi) is 12.4. The van der Waals surface area contributed by atoms with Crippen molar-refractivity contribution in [2.45, 2.75) is 116 Å². The fourth-order valence-electron chi connectivity index (χ4n) is 7.34. The minimum absolute atomic E-state index is 0.0552. The summed E-state index contributed by atoms with van der Waals surface area (Å²) >= 11 is 0. The lowest BCUT2D eigenvalue weighted by Gasteiger charge is -2.47. The number of esters is 1. The van der Waals surface area contributed by atoms with Crippen LogP contribution in [-0.4, -0.2) is 123 Å². The molecule has 0 aromatic carbocycles. The molecule has 0 aromatic heterocycles. The summed E-state index contributed by atoms with van der Waals surface area (Å²) < 4.78 is 24.9. The molecule has 0 bridgehead atoms. The highest BCUT2D eigenvalue weighted by molar-refractivity contribution is 6.04. The molecule has 0 saturated carbocycles. The largest absolute Gasteiger partial charge is 0.463 e. The summed E-state index contributed by atoms with van der Waals surface area (Å²) in [7, 11) is 7.60. The van der Waals surface area contributed by atoms with Gasteiger partial charge in [0, 0.05) is 31.7 Å². The Hall–Kier alpha value is -1.14. The van der Waals surface area contributed by atoms with Crippen molar-refractivity contribution in [3.05, 3.63) is 0 Å². The van der Waals surface area contributed by atoms with Crippen molar-refractivity contribution >= 4 is 11.8 Å². The highest BCUT2D eigenvalue weighted by Gasteiger charge is 2.51. The van der Waals surface area contributed by atoms with Crippen LogP contribution >= 0.6 is 0 Å². The van der Waals surface area contributed by atoms with Crippen molar-refractivity contribution in [3.8, 4) is 0 Å². The number of likely N-dealkylation sites (N-methyl/N-ethyl adjacent to an activating group) is 2. The molecule has 9 atom stereocenters. The summed E-state index contributed by atoms with van der Waals surface area (Å²) in [5.41, 5.74) is -2.29. The fourth-order valence-corrected chi connectivity index (χ4v) is 7.34. The average Bonchev–Trinajstić information content (AvgIpc) is 2.94. The van der Waals surface area contributed by atoms with Crippen molar-refractivity contribution in [1.29, 1.82) is 0 Å². The van der Waals surface area contributed by atoms with Crippen LogP contribution in [0.3, 0.4) is 0 Å². The number of rotatable bonds is 6. The fraction of sp³-hybridized carbons (Fsp3) is 0.938. The van der Waals surface area contributed by atoms with E-state index in [0.717, 1.165) is 38.9 Å². The molecule has 0 aromatic rings. The van der Waals surface area contributed by atoms with Crippen molar-refractivity contribution in [2.75, 3.05) is 54.5 Å². The van der Waals surface area contributed by atoms with Crippen LogP contribution in [-0.2, 0) is 28.5 Å². The first-order valence-corrected chi connectivity index (χ1v) is 15.9. The lowest BCUT2D eigenvalue weighted by molar-refractivity contribution is -0.295. The second kappa shape index (κ2) is 14.8. The molecular formula is C32H59N3O7. The third-order valence-corrected chi connectivity index (χ3v) is 10.1.